The molecule has 10 nitrogen and oxygen atoms in total. The molecule has 0 bridgehead atoms. The molecule has 2 heterocycles. The van der Waals surface area contributed by atoms with Crippen molar-refractivity contribution in [2.75, 3.05) is 42.9 Å². The number of rotatable bonds is 6. The minimum atomic E-state index is -0.486. The van der Waals surface area contributed by atoms with Gasteiger partial charge in [-0.1, -0.05) is 12.1 Å². The molecule has 0 spiro atoms. The number of benzene rings is 2. The maximum absolute atomic E-state index is 12.9. The Balaban J connectivity index is 1.46. The minimum absolute atomic E-state index is 0.0160. The molecule has 2 aliphatic heterocycles. The predicted molar refractivity (Wildman–Crippen MR) is 131 cm³/mol. The highest BCUT2D eigenvalue weighted by atomic mass is 16.6. The highest BCUT2D eigenvalue weighted by Crippen LogP contribution is 2.30. The van der Waals surface area contributed by atoms with E-state index in [9.17, 15) is 24.5 Å². The van der Waals surface area contributed by atoms with E-state index in [4.69, 9.17) is 0 Å². The number of likely N-dealkylation sites (tertiary alicyclic amines) is 1. The summed E-state index contributed by atoms with van der Waals surface area (Å²) in [6.07, 6.45) is 2.48. The van der Waals surface area contributed by atoms with Gasteiger partial charge in [-0.05, 0) is 42.7 Å². The summed E-state index contributed by atoms with van der Waals surface area (Å²) >= 11 is 0. The number of nitrogens with zero attached hydrogens (tertiary/aromatic N) is 4. The zero-order valence-corrected chi connectivity index (χ0v) is 19.7. The van der Waals surface area contributed by atoms with Crippen LogP contribution in [0.2, 0.25) is 0 Å². The van der Waals surface area contributed by atoms with Gasteiger partial charge in [0.25, 0.3) is 11.6 Å². The van der Waals surface area contributed by atoms with Crippen LogP contribution in [-0.4, -0.2) is 65.2 Å². The van der Waals surface area contributed by atoms with Gasteiger partial charge in [0.05, 0.1) is 4.92 Å². The Labute approximate surface area is 203 Å². The summed E-state index contributed by atoms with van der Waals surface area (Å²) in [4.78, 5) is 53.2. The van der Waals surface area contributed by atoms with Gasteiger partial charge in [-0.3, -0.25) is 24.5 Å². The molecule has 0 unspecified atom stereocenters. The summed E-state index contributed by atoms with van der Waals surface area (Å²) in [7, 11) is 0. The average Bonchev–Trinajstić information content (AvgIpc) is 2.85. The highest BCUT2D eigenvalue weighted by molar-refractivity contribution is 6.05. The Morgan fingerprint density at radius 2 is 1.80 bits per heavy atom. The molecule has 2 aromatic carbocycles. The first-order chi connectivity index (χ1) is 16.8. The summed E-state index contributed by atoms with van der Waals surface area (Å²) in [6.45, 7) is 4.68. The third-order valence-corrected chi connectivity index (χ3v) is 6.48. The number of hydrogen-bond acceptors (Lipinski definition) is 6. The molecule has 0 aromatic heterocycles. The van der Waals surface area contributed by atoms with Crippen molar-refractivity contribution < 1.29 is 19.3 Å². The van der Waals surface area contributed by atoms with E-state index < -0.39 is 10.8 Å². The van der Waals surface area contributed by atoms with Crippen LogP contribution in [0.15, 0.2) is 42.5 Å². The molecule has 0 aliphatic carbocycles. The maximum atomic E-state index is 12.9. The Bertz CT molecular complexity index is 1140. The second-order valence-corrected chi connectivity index (χ2v) is 8.88. The van der Waals surface area contributed by atoms with E-state index in [1.807, 2.05) is 28.0 Å². The smallest absolute Gasteiger partial charge is 0.293 e. The standard InChI is InChI=1S/C25H29N5O5/c1-18(31)27-11-13-28(14-12-27)22-9-8-20(16-23(22)30(34)35)25(33)26-21-6-4-5-19(15-21)17-29-10-3-2-7-24(29)32/h4-6,8-9,15-16H,2-3,7,10-14,17H2,1H3,(H,26,33). The largest absolute Gasteiger partial charge is 0.362 e. The van der Waals surface area contributed by atoms with Crippen LogP contribution in [0.3, 0.4) is 0 Å². The Hall–Kier alpha value is -3.95. The number of carbonyl (C=O) groups is 3. The van der Waals surface area contributed by atoms with Crippen LogP contribution >= 0.6 is 0 Å². The molecule has 2 fully saturated rings. The molecule has 0 saturated carbocycles. The maximum Gasteiger partial charge on any atom is 0.293 e. The van der Waals surface area contributed by atoms with Gasteiger partial charge in [-0.15, -0.1) is 0 Å². The van der Waals surface area contributed by atoms with Gasteiger partial charge in [0, 0.05) is 69.9 Å². The third-order valence-electron chi connectivity index (χ3n) is 6.48. The van der Waals surface area contributed by atoms with Gasteiger partial charge in [-0.25, -0.2) is 0 Å². The lowest BCUT2D eigenvalue weighted by Crippen LogP contribution is -2.48. The number of hydrogen-bond donors (Lipinski definition) is 1. The molecule has 2 aromatic rings. The number of nitrogens with one attached hydrogen (secondary N) is 1. The van der Waals surface area contributed by atoms with Crippen molar-refractivity contribution >= 4 is 34.8 Å². The lowest BCUT2D eigenvalue weighted by molar-refractivity contribution is -0.384. The number of carbonyl (C=O) groups excluding carboxylic acids is 3. The van der Waals surface area contributed by atoms with Crippen LogP contribution in [0.1, 0.15) is 42.1 Å². The molecular weight excluding hydrogens is 450 g/mol. The number of piperidine rings is 1. The fourth-order valence-electron chi connectivity index (χ4n) is 4.54. The van der Waals surface area contributed by atoms with Crippen LogP contribution in [0, 0.1) is 10.1 Å². The van der Waals surface area contributed by atoms with E-state index >= 15 is 0 Å². The summed E-state index contributed by atoms with van der Waals surface area (Å²) in [6, 6.07) is 11.7. The van der Waals surface area contributed by atoms with Gasteiger partial charge in [0.1, 0.15) is 5.69 Å². The predicted octanol–water partition coefficient (Wildman–Crippen LogP) is 3.03. The zero-order chi connectivity index (χ0) is 24.9. The molecular formula is C25H29N5O5. The lowest BCUT2D eigenvalue weighted by atomic mass is 10.1. The Kier molecular flexibility index (Phi) is 7.28. The lowest BCUT2D eigenvalue weighted by Gasteiger charge is -2.35. The molecule has 2 aliphatic rings. The van der Waals surface area contributed by atoms with E-state index in [1.54, 1.807) is 23.1 Å². The van der Waals surface area contributed by atoms with Gasteiger partial charge in [-0.2, -0.15) is 0 Å². The first-order valence-electron chi connectivity index (χ1n) is 11.8. The van der Waals surface area contributed by atoms with Crippen LogP contribution in [-0.2, 0) is 16.1 Å². The van der Waals surface area contributed by atoms with Crippen molar-refractivity contribution in [1.82, 2.24) is 9.80 Å². The fourth-order valence-corrected chi connectivity index (χ4v) is 4.54. The number of nitro groups is 1. The number of nitro benzene ring substituents is 1. The normalized spacial score (nSPS) is 16.3. The van der Waals surface area contributed by atoms with E-state index in [1.165, 1.54) is 13.0 Å². The van der Waals surface area contributed by atoms with Crippen molar-refractivity contribution in [2.24, 2.45) is 0 Å². The number of anilines is 2. The second kappa shape index (κ2) is 10.5. The summed E-state index contributed by atoms with van der Waals surface area (Å²) in [5.74, 6) is -0.328. The van der Waals surface area contributed by atoms with Crippen molar-refractivity contribution in [1.29, 1.82) is 0 Å². The monoisotopic (exact) mass is 479 g/mol. The van der Waals surface area contributed by atoms with E-state index in [-0.39, 0.29) is 23.1 Å². The number of amides is 3. The van der Waals surface area contributed by atoms with E-state index in [0.29, 0.717) is 50.5 Å². The highest BCUT2D eigenvalue weighted by Gasteiger charge is 2.26. The second-order valence-electron chi connectivity index (χ2n) is 8.88. The average molecular weight is 480 g/mol. The van der Waals surface area contributed by atoms with Gasteiger partial charge in [0.2, 0.25) is 11.8 Å². The first kappa shape index (κ1) is 24.2. The molecule has 3 amide bonds. The van der Waals surface area contributed by atoms with Crippen LogP contribution in [0.25, 0.3) is 0 Å². The summed E-state index contributed by atoms with van der Waals surface area (Å²) < 4.78 is 0. The Morgan fingerprint density at radius 1 is 1.03 bits per heavy atom. The number of piperazine rings is 1. The third kappa shape index (κ3) is 5.76. The molecule has 10 heteroatoms. The van der Waals surface area contributed by atoms with E-state index in [2.05, 4.69) is 5.32 Å². The van der Waals surface area contributed by atoms with Gasteiger partial charge < -0.3 is 20.0 Å². The minimum Gasteiger partial charge on any atom is -0.362 e. The zero-order valence-electron chi connectivity index (χ0n) is 19.7. The fraction of sp³-hybridized carbons (Fsp3) is 0.400. The molecule has 35 heavy (non-hydrogen) atoms. The quantitative estimate of drug-likeness (QED) is 0.503. The van der Waals surface area contributed by atoms with Crippen LogP contribution in [0.4, 0.5) is 17.1 Å². The molecule has 2 saturated heterocycles. The molecule has 0 atom stereocenters. The van der Waals surface area contributed by atoms with E-state index in [0.717, 1.165) is 24.9 Å². The van der Waals surface area contributed by atoms with Crippen molar-refractivity contribution in [3.8, 4) is 0 Å². The van der Waals surface area contributed by atoms with Crippen molar-refractivity contribution in [3.63, 3.8) is 0 Å². The Morgan fingerprint density at radius 3 is 2.49 bits per heavy atom. The van der Waals surface area contributed by atoms with Crippen molar-refractivity contribution in [3.05, 3.63) is 63.7 Å². The topological polar surface area (TPSA) is 116 Å². The van der Waals surface area contributed by atoms with Gasteiger partial charge >= 0.3 is 0 Å². The first-order valence-corrected chi connectivity index (χ1v) is 11.8. The van der Waals surface area contributed by atoms with Gasteiger partial charge in [0.15, 0.2) is 0 Å². The van der Waals surface area contributed by atoms with Crippen molar-refractivity contribution in [2.45, 2.75) is 32.7 Å². The summed E-state index contributed by atoms with van der Waals surface area (Å²) in [5.41, 5.74) is 1.93. The molecule has 184 valence electrons. The molecule has 4 rings (SSSR count). The van der Waals surface area contributed by atoms with Crippen LogP contribution < -0.4 is 10.2 Å². The van der Waals surface area contributed by atoms with Crippen LogP contribution in [0.5, 0.6) is 0 Å². The SMILES string of the molecule is CC(=O)N1CCN(c2ccc(C(=O)Nc3cccc(CN4CCCCC4=O)c3)cc2[N+](=O)[O-])CC1. The summed E-state index contributed by atoms with van der Waals surface area (Å²) in [5, 5.41) is 14.6. The molecule has 1 N–H and O–H groups in total. The molecule has 0 radical (unpaired) electrons.